The molecular weight excluding hydrogens is 378 g/mol. The number of nitrogens with one attached hydrogen (secondary N) is 1. The third-order valence-electron chi connectivity index (χ3n) is 5.57. The van der Waals surface area contributed by atoms with E-state index in [1.54, 1.807) is 0 Å². The second-order valence-electron chi connectivity index (χ2n) is 8.88. The van der Waals surface area contributed by atoms with Crippen molar-refractivity contribution in [1.29, 1.82) is 5.26 Å². The van der Waals surface area contributed by atoms with Crippen molar-refractivity contribution in [2.75, 3.05) is 11.1 Å². The zero-order valence-electron chi connectivity index (χ0n) is 17.7. The molecule has 1 heterocycles. The van der Waals surface area contributed by atoms with Crippen molar-refractivity contribution in [2.24, 2.45) is 11.3 Å². The van der Waals surface area contributed by atoms with Gasteiger partial charge in [-0.2, -0.15) is 5.26 Å². The molecular formula is C24H29N3OS. The lowest BCUT2D eigenvalue weighted by Gasteiger charge is -2.34. The standard InChI is InChI=1S/C24H29N3OS/c1-16-6-5-7-20(12-16)26-22(28)10-11-29-23-18(15-25)13-17-14-19(24(2,3)4)8-9-21(17)27-23/h5-7,12-13,19H,8-11,14H2,1-4H3,(H,26,28). The second-order valence-corrected chi connectivity index (χ2v) is 9.96. The maximum absolute atomic E-state index is 12.2. The summed E-state index contributed by atoms with van der Waals surface area (Å²) in [6.07, 6.45) is 3.47. The highest BCUT2D eigenvalue weighted by Gasteiger charge is 2.30. The van der Waals surface area contributed by atoms with Crippen LogP contribution in [-0.4, -0.2) is 16.6 Å². The van der Waals surface area contributed by atoms with E-state index >= 15 is 0 Å². The summed E-state index contributed by atoms with van der Waals surface area (Å²) in [4.78, 5) is 17.0. The lowest BCUT2D eigenvalue weighted by atomic mass is 9.71. The normalized spacial score (nSPS) is 16.0. The molecule has 29 heavy (non-hydrogen) atoms. The van der Waals surface area contributed by atoms with Crippen LogP contribution in [0, 0.1) is 29.6 Å². The van der Waals surface area contributed by atoms with Crippen LogP contribution < -0.4 is 5.32 Å². The van der Waals surface area contributed by atoms with Gasteiger partial charge in [0, 0.05) is 23.6 Å². The predicted octanol–water partition coefficient (Wildman–Crippen LogP) is 5.53. The molecule has 1 atom stereocenters. The number of hydrogen-bond donors (Lipinski definition) is 1. The van der Waals surface area contributed by atoms with E-state index in [9.17, 15) is 10.1 Å². The largest absolute Gasteiger partial charge is 0.326 e. The molecule has 1 amide bonds. The van der Waals surface area contributed by atoms with Crippen molar-refractivity contribution in [1.82, 2.24) is 4.98 Å². The molecule has 0 saturated carbocycles. The van der Waals surface area contributed by atoms with Crippen LogP contribution >= 0.6 is 11.8 Å². The molecule has 1 N–H and O–H groups in total. The number of benzene rings is 1. The third kappa shape index (κ3) is 5.61. The number of carbonyl (C=O) groups excluding carboxylic acids is 1. The Hall–Kier alpha value is -2.32. The van der Waals surface area contributed by atoms with Gasteiger partial charge in [0.2, 0.25) is 5.91 Å². The third-order valence-corrected chi connectivity index (χ3v) is 6.56. The number of pyridine rings is 1. The van der Waals surface area contributed by atoms with E-state index < -0.39 is 0 Å². The van der Waals surface area contributed by atoms with Gasteiger partial charge < -0.3 is 5.32 Å². The molecule has 1 aromatic carbocycles. The molecule has 0 saturated heterocycles. The molecule has 1 aliphatic rings. The van der Waals surface area contributed by atoms with Crippen LogP contribution in [-0.2, 0) is 17.6 Å². The Bertz CT molecular complexity index is 940. The highest BCUT2D eigenvalue weighted by atomic mass is 32.2. The highest BCUT2D eigenvalue weighted by Crippen LogP contribution is 2.38. The van der Waals surface area contributed by atoms with Gasteiger partial charge >= 0.3 is 0 Å². The van der Waals surface area contributed by atoms with Crippen molar-refractivity contribution in [3.05, 3.63) is 52.7 Å². The van der Waals surface area contributed by atoms with Crippen molar-refractivity contribution >= 4 is 23.4 Å². The van der Waals surface area contributed by atoms with Gasteiger partial charge in [-0.15, -0.1) is 11.8 Å². The molecule has 5 heteroatoms. The smallest absolute Gasteiger partial charge is 0.225 e. The minimum absolute atomic E-state index is 0.0208. The topological polar surface area (TPSA) is 65.8 Å². The average Bonchev–Trinajstić information content (AvgIpc) is 2.66. The maximum atomic E-state index is 12.2. The fourth-order valence-electron chi connectivity index (χ4n) is 3.76. The van der Waals surface area contributed by atoms with Crippen molar-refractivity contribution in [3.8, 4) is 6.07 Å². The Labute approximate surface area is 178 Å². The number of carbonyl (C=O) groups is 1. The lowest BCUT2D eigenvalue weighted by molar-refractivity contribution is -0.115. The highest BCUT2D eigenvalue weighted by molar-refractivity contribution is 7.99. The number of nitriles is 1. The van der Waals surface area contributed by atoms with E-state index in [4.69, 9.17) is 4.98 Å². The molecule has 0 fully saturated rings. The molecule has 1 aromatic heterocycles. The SMILES string of the molecule is Cc1cccc(NC(=O)CCSc2nc3c(cc2C#N)CC(C(C)(C)C)CC3)c1. The van der Waals surface area contributed by atoms with E-state index in [-0.39, 0.29) is 11.3 Å². The van der Waals surface area contributed by atoms with Crippen LogP contribution in [0.2, 0.25) is 0 Å². The Morgan fingerprint density at radius 2 is 2.14 bits per heavy atom. The molecule has 152 valence electrons. The van der Waals surface area contributed by atoms with E-state index in [1.807, 2.05) is 37.3 Å². The minimum Gasteiger partial charge on any atom is -0.326 e. The van der Waals surface area contributed by atoms with E-state index in [0.717, 1.165) is 41.2 Å². The van der Waals surface area contributed by atoms with Crippen LogP contribution in [0.25, 0.3) is 0 Å². The van der Waals surface area contributed by atoms with Crippen molar-refractivity contribution in [3.63, 3.8) is 0 Å². The molecule has 0 aliphatic heterocycles. The number of fused-ring (bicyclic) bond motifs is 1. The van der Waals surface area contributed by atoms with Gasteiger partial charge in [0.15, 0.2) is 0 Å². The summed E-state index contributed by atoms with van der Waals surface area (Å²) in [7, 11) is 0. The van der Waals surface area contributed by atoms with Crippen LogP contribution in [0.3, 0.4) is 0 Å². The summed E-state index contributed by atoms with van der Waals surface area (Å²) in [5, 5.41) is 13.3. The van der Waals surface area contributed by atoms with Crippen molar-refractivity contribution < 1.29 is 4.79 Å². The number of hydrogen-bond acceptors (Lipinski definition) is 4. The summed E-state index contributed by atoms with van der Waals surface area (Å²) < 4.78 is 0. The Morgan fingerprint density at radius 1 is 1.34 bits per heavy atom. The molecule has 3 rings (SSSR count). The monoisotopic (exact) mass is 407 g/mol. The summed E-state index contributed by atoms with van der Waals surface area (Å²) in [6, 6.07) is 12.1. The number of nitrogens with zero attached hydrogens (tertiary/aromatic N) is 2. The Morgan fingerprint density at radius 3 is 2.83 bits per heavy atom. The van der Waals surface area contributed by atoms with Gasteiger partial charge in [0.25, 0.3) is 0 Å². The first-order valence-electron chi connectivity index (χ1n) is 10.2. The molecule has 1 aliphatic carbocycles. The summed E-state index contributed by atoms with van der Waals surface area (Å²) >= 11 is 1.50. The fraction of sp³-hybridized carbons (Fsp3) is 0.458. The number of aryl methyl sites for hydroxylation is 2. The first kappa shape index (κ1) is 21.4. The van der Waals surface area contributed by atoms with Crippen LogP contribution in [0.15, 0.2) is 35.4 Å². The zero-order valence-corrected chi connectivity index (χ0v) is 18.5. The average molecular weight is 408 g/mol. The minimum atomic E-state index is -0.0208. The van der Waals surface area contributed by atoms with Gasteiger partial charge in [0.1, 0.15) is 11.1 Å². The molecule has 0 bridgehead atoms. The van der Waals surface area contributed by atoms with Crippen LogP contribution in [0.4, 0.5) is 5.69 Å². The molecule has 0 spiro atoms. The molecule has 1 unspecified atom stereocenters. The van der Waals surface area contributed by atoms with Gasteiger partial charge in [-0.05, 0) is 66.8 Å². The quantitative estimate of drug-likeness (QED) is 0.662. The van der Waals surface area contributed by atoms with Crippen molar-refractivity contribution in [2.45, 2.75) is 58.4 Å². The Kier molecular flexibility index (Phi) is 6.64. The number of amides is 1. The van der Waals surface area contributed by atoms with Gasteiger partial charge in [0.05, 0.1) is 5.56 Å². The Balaban J connectivity index is 1.61. The maximum Gasteiger partial charge on any atom is 0.225 e. The summed E-state index contributed by atoms with van der Waals surface area (Å²) in [6.45, 7) is 8.86. The second kappa shape index (κ2) is 9.00. The van der Waals surface area contributed by atoms with Gasteiger partial charge in [-0.3, -0.25) is 4.79 Å². The predicted molar refractivity (Wildman–Crippen MR) is 119 cm³/mol. The molecule has 2 aromatic rings. The number of thioether (sulfide) groups is 1. The summed E-state index contributed by atoms with van der Waals surface area (Å²) in [5.41, 5.74) is 5.16. The number of rotatable bonds is 5. The first-order chi connectivity index (χ1) is 13.8. The van der Waals surface area contributed by atoms with E-state index in [0.29, 0.717) is 23.7 Å². The molecule has 0 radical (unpaired) electrons. The lowest BCUT2D eigenvalue weighted by Crippen LogP contribution is -2.27. The van der Waals surface area contributed by atoms with Crippen LogP contribution in [0.5, 0.6) is 0 Å². The van der Waals surface area contributed by atoms with E-state index in [1.165, 1.54) is 17.3 Å². The zero-order chi connectivity index (χ0) is 21.0. The first-order valence-corrected chi connectivity index (χ1v) is 11.2. The number of anilines is 1. The fourth-order valence-corrected chi connectivity index (χ4v) is 4.68. The van der Waals surface area contributed by atoms with Gasteiger partial charge in [-0.25, -0.2) is 4.98 Å². The number of aromatic nitrogens is 1. The van der Waals surface area contributed by atoms with Gasteiger partial charge in [-0.1, -0.05) is 32.9 Å². The van der Waals surface area contributed by atoms with E-state index in [2.05, 4.69) is 32.2 Å². The van der Waals surface area contributed by atoms with Crippen LogP contribution in [0.1, 0.15) is 56.0 Å². The summed E-state index contributed by atoms with van der Waals surface area (Å²) in [5.74, 6) is 1.20. The molecule has 4 nitrogen and oxygen atoms in total.